The van der Waals surface area contributed by atoms with Gasteiger partial charge in [-0.1, -0.05) is 0 Å². The molecule has 0 spiro atoms. The lowest BCUT2D eigenvalue weighted by Crippen LogP contribution is -1.84. The quantitative estimate of drug-likeness (QED) is 0.698. The number of nitrogens with zero attached hydrogens (tertiary/aromatic N) is 3. The van der Waals surface area contributed by atoms with Crippen molar-refractivity contribution in [2.75, 3.05) is 11.5 Å². The van der Waals surface area contributed by atoms with Gasteiger partial charge in [0.25, 0.3) is 0 Å². The third-order valence-corrected chi connectivity index (χ3v) is 1.96. The van der Waals surface area contributed by atoms with Crippen LogP contribution in [-0.2, 0) is 0 Å². The summed E-state index contributed by atoms with van der Waals surface area (Å²) in [7, 11) is 0. The number of nitrogen functional groups attached to an aromatic ring is 2. The molecule has 0 amide bonds. The molecule has 0 aliphatic rings. The maximum absolute atomic E-state index is 12.9. The van der Waals surface area contributed by atoms with Crippen LogP contribution in [0.2, 0.25) is 0 Å². The number of aromatic amines is 1. The second-order valence-electron chi connectivity index (χ2n) is 3.17. The van der Waals surface area contributed by atoms with Crippen molar-refractivity contribution in [1.29, 1.82) is 0 Å². The van der Waals surface area contributed by atoms with Crippen molar-refractivity contribution < 1.29 is 8.78 Å². The summed E-state index contributed by atoms with van der Waals surface area (Å²) in [4.78, 5) is 0. The van der Waals surface area contributed by atoms with Gasteiger partial charge in [-0.15, -0.1) is 5.11 Å². The molecule has 0 fully saturated rings. The maximum atomic E-state index is 12.9. The van der Waals surface area contributed by atoms with Gasteiger partial charge in [0, 0.05) is 6.07 Å². The van der Waals surface area contributed by atoms with E-state index in [9.17, 15) is 8.78 Å². The standard InChI is InChI=1S/C9H8F2N6/c10-5-2-1-4(3-6(5)11)14-15-7-8(12)16-17-9(7)13/h1-3H,(H5,12,13,16,17). The first kappa shape index (κ1) is 11.0. The Kier molecular flexibility index (Phi) is 2.69. The molecular formula is C9H8F2N6. The van der Waals surface area contributed by atoms with Crippen LogP contribution in [0.15, 0.2) is 28.4 Å². The molecule has 5 N–H and O–H groups in total. The Morgan fingerprint density at radius 1 is 1.12 bits per heavy atom. The van der Waals surface area contributed by atoms with Crippen LogP contribution in [0.25, 0.3) is 0 Å². The highest BCUT2D eigenvalue weighted by Gasteiger charge is 2.07. The minimum Gasteiger partial charge on any atom is -0.382 e. The Morgan fingerprint density at radius 2 is 1.88 bits per heavy atom. The minimum atomic E-state index is -1.01. The molecule has 1 heterocycles. The van der Waals surface area contributed by atoms with Crippen LogP contribution in [0.3, 0.4) is 0 Å². The van der Waals surface area contributed by atoms with E-state index in [2.05, 4.69) is 20.4 Å². The minimum absolute atomic E-state index is 0.0776. The number of H-pyrrole nitrogens is 1. The van der Waals surface area contributed by atoms with Crippen LogP contribution >= 0.6 is 0 Å². The van der Waals surface area contributed by atoms with Gasteiger partial charge >= 0.3 is 0 Å². The average molecular weight is 238 g/mol. The predicted octanol–water partition coefficient (Wildman–Crippen LogP) is 2.27. The van der Waals surface area contributed by atoms with Crippen molar-refractivity contribution in [2.45, 2.75) is 0 Å². The zero-order valence-electron chi connectivity index (χ0n) is 8.48. The number of rotatable bonds is 2. The largest absolute Gasteiger partial charge is 0.382 e. The summed E-state index contributed by atoms with van der Waals surface area (Å²) in [6, 6.07) is 3.13. The Labute approximate surface area is 94.3 Å². The molecule has 2 aromatic rings. The summed E-state index contributed by atoms with van der Waals surface area (Å²) in [5.41, 5.74) is 11.2. The van der Waals surface area contributed by atoms with E-state index in [4.69, 9.17) is 11.5 Å². The van der Waals surface area contributed by atoms with Crippen LogP contribution in [0.5, 0.6) is 0 Å². The van der Waals surface area contributed by atoms with Crippen molar-refractivity contribution in [3.05, 3.63) is 29.8 Å². The summed E-state index contributed by atoms with van der Waals surface area (Å²) in [6.07, 6.45) is 0. The summed E-state index contributed by atoms with van der Waals surface area (Å²) in [5.74, 6) is -1.73. The van der Waals surface area contributed by atoms with E-state index < -0.39 is 11.6 Å². The van der Waals surface area contributed by atoms with Gasteiger partial charge in [0.05, 0.1) is 5.69 Å². The van der Waals surface area contributed by atoms with E-state index >= 15 is 0 Å². The first-order valence-electron chi connectivity index (χ1n) is 4.54. The van der Waals surface area contributed by atoms with Gasteiger partial charge in [-0.05, 0) is 12.1 Å². The molecule has 1 aromatic heterocycles. The molecule has 0 aliphatic heterocycles. The Bertz CT molecular complexity index is 557. The molecule has 0 atom stereocenters. The highest BCUT2D eigenvalue weighted by atomic mass is 19.2. The molecule has 8 heteroatoms. The number of benzene rings is 1. The fourth-order valence-electron chi connectivity index (χ4n) is 1.12. The van der Waals surface area contributed by atoms with E-state index in [0.717, 1.165) is 12.1 Å². The third-order valence-electron chi connectivity index (χ3n) is 1.96. The molecule has 0 radical (unpaired) electrons. The van der Waals surface area contributed by atoms with Crippen molar-refractivity contribution >= 4 is 23.0 Å². The van der Waals surface area contributed by atoms with E-state index in [1.165, 1.54) is 6.07 Å². The van der Waals surface area contributed by atoms with E-state index in [0.29, 0.717) is 0 Å². The van der Waals surface area contributed by atoms with Crippen LogP contribution in [0, 0.1) is 11.6 Å². The van der Waals surface area contributed by atoms with E-state index in [-0.39, 0.29) is 23.0 Å². The number of nitrogens with two attached hydrogens (primary N) is 2. The van der Waals surface area contributed by atoms with Crippen LogP contribution in [0.4, 0.5) is 31.8 Å². The summed E-state index contributed by atoms with van der Waals surface area (Å²) >= 11 is 0. The zero-order valence-corrected chi connectivity index (χ0v) is 8.48. The fraction of sp³-hybridized carbons (Fsp3) is 0. The SMILES string of the molecule is Nc1n[nH]c(N)c1N=Nc1ccc(F)c(F)c1. The lowest BCUT2D eigenvalue weighted by Gasteiger charge is -1.94. The van der Waals surface area contributed by atoms with Crippen LogP contribution < -0.4 is 11.5 Å². The molecule has 88 valence electrons. The van der Waals surface area contributed by atoms with Crippen molar-refractivity contribution in [2.24, 2.45) is 10.2 Å². The molecule has 0 saturated heterocycles. The monoisotopic (exact) mass is 238 g/mol. The topological polar surface area (TPSA) is 105 Å². The lowest BCUT2D eigenvalue weighted by molar-refractivity contribution is 0.509. The number of hydrogen-bond acceptors (Lipinski definition) is 5. The van der Waals surface area contributed by atoms with Crippen molar-refractivity contribution in [3.8, 4) is 0 Å². The second-order valence-corrected chi connectivity index (χ2v) is 3.17. The number of aromatic nitrogens is 2. The Morgan fingerprint density at radius 3 is 2.47 bits per heavy atom. The number of halogens is 2. The van der Waals surface area contributed by atoms with Gasteiger partial charge in [-0.2, -0.15) is 10.2 Å². The van der Waals surface area contributed by atoms with Gasteiger partial charge in [0.2, 0.25) is 0 Å². The van der Waals surface area contributed by atoms with E-state index in [1.54, 1.807) is 0 Å². The number of azo groups is 1. The summed E-state index contributed by atoms with van der Waals surface area (Å²) in [5, 5.41) is 13.4. The van der Waals surface area contributed by atoms with Crippen LogP contribution in [0.1, 0.15) is 0 Å². The number of hydrogen-bond donors (Lipinski definition) is 3. The van der Waals surface area contributed by atoms with Gasteiger partial charge in [0.15, 0.2) is 23.1 Å². The molecule has 1 aromatic carbocycles. The van der Waals surface area contributed by atoms with Crippen molar-refractivity contribution in [1.82, 2.24) is 10.2 Å². The first-order chi connectivity index (χ1) is 8.08. The fourth-order valence-corrected chi connectivity index (χ4v) is 1.12. The van der Waals surface area contributed by atoms with Gasteiger partial charge in [-0.25, -0.2) is 8.78 Å². The average Bonchev–Trinajstić information content (AvgIpc) is 2.61. The number of anilines is 2. The van der Waals surface area contributed by atoms with Gasteiger partial charge < -0.3 is 11.5 Å². The van der Waals surface area contributed by atoms with Gasteiger partial charge in [0.1, 0.15) is 5.82 Å². The Hall–Kier alpha value is -2.51. The molecule has 17 heavy (non-hydrogen) atoms. The molecule has 0 aliphatic carbocycles. The third kappa shape index (κ3) is 2.19. The first-order valence-corrected chi connectivity index (χ1v) is 4.54. The molecule has 0 saturated carbocycles. The Balaban J connectivity index is 2.29. The van der Waals surface area contributed by atoms with E-state index in [1.807, 2.05) is 0 Å². The molecule has 2 rings (SSSR count). The molecule has 0 bridgehead atoms. The predicted molar refractivity (Wildman–Crippen MR) is 57.9 cm³/mol. The lowest BCUT2D eigenvalue weighted by atomic mass is 10.3. The number of nitrogens with one attached hydrogen (secondary N) is 1. The smallest absolute Gasteiger partial charge is 0.175 e. The highest BCUT2D eigenvalue weighted by molar-refractivity contribution is 5.70. The molecule has 0 unspecified atom stereocenters. The van der Waals surface area contributed by atoms with Crippen LogP contribution in [-0.4, -0.2) is 10.2 Å². The zero-order chi connectivity index (χ0) is 12.4. The summed E-state index contributed by atoms with van der Waals surface area (Å²) < 4.78 is 25.5. The van der Waals surface area contributed by atoms with Crippen molar-refractivity contribution in [3.63, 3.8) is 0 Å². The van der Waals surface area contributed by atoms with Gasteiger partial charge in [-0.3, -0.25) is 5.10 Å². The maximum Gasteiger partial charge on any atom is 0.175 e. The normalized spacial score (nSPS) is 11.2. The second kappa shape index (κ2) is 4.16. The molecular weight excluding hydrogens is 230 g/mol. The summed E-state index contributed by atoms with van der Waals surface area (Å²) in [6.45, 7) is 0. The highest BCUT2D eigenvalue weighted by Crippen LogP contribution is 2.28. The molecule has 6 nitrogen and oxygen atoms in total.